The fourth-order valence-corrected chi connectivity index (χ4v) is 11.0. The number of fused-ring (bicyclic) bond motifs is 4. The van der Waals surface area contributed by atoms with E-state index >= 15 is 0 Å². The van der Waals surface area contributed by atoms with Gasteiger partial charge in [-0.05, 0) is 111 Å². The van der Waals surface area contributed by atoms with Crippen LogP contribution in [0.15, 0.2) is 0 Å². The zero-order chi connectivity index (χ0) is 27.7. The fraction of sp³-hybridized carbons (Fsp3) is 1.00. The summed E-state index contributed by atoms with van der Waals surface area (Å²) < 4.78 is 59.9. The maximum Gasteiger partial charge on any atom is 1.00 e. The van der Waals surface area contributed by atoms with Crippen LogP contribution in [0.1, 0.15) is 94.3 Å². The van der Waals surface area contributed by atoms with E-state index in [-0.39, 0.29) is 42.8 Å². The Kier molecular flexibility index (Phi) is 13.2. The van der Waals surface area contributed by atoms with Crippen molar-refractivity contribution in [3.63, 3.8) is 0 Å². The largest absolute Gasteiger partial charge is 1.00 e. The Morgan fingerprint density at radius 1 is 0.921 bits per heavy atom. The Labute approximate surface area is 256 Å². The topological polar surface area (TPSA) is 121 Å². The third-order valence-corrected chi connectivity index (χ3v) is 14.3. The summed E-state index contributed by atoms with van der Waals surface area (Å²) in [5, 5.41) is 8.17. The fourth-order valence-electron chi connectivity index (χ4n) is 8.68. The van der Waals surface area contributed by atoms with E-state index in [2.05, 4.69) is 27.7 Å². The molecule has 218 valence electrons. The number of hydrogen-bond acceptors (Lipinski definition) is 6. The van der Waals surface area contributed by atoms with Crippen molar-refractivity contribution in [1.82, 2.24) is 0 Å². The van der Waals surface area contributed by atoms with Gasteiger partial charge >= 0.3 is 31.0 Å². The summed E-state index contributed by atoms with van der Waals surface area (Å²) >= 11 is 0. The maximum absolute atomic E-state index is 11.7. The van der Waals surface area contributed by atoms with Gasteiger partial charge in [-0.1, -0.05) is 41.5 Å². The summed E-state index contributed by atoms with van der Waals surface area (Å²) in [5.41, 5.74) is 0. The molecule has 0 aromatic heterocycles. The normalized spacial score (nSPS) is 43.0. The Morgan fingerprint density at radius 2 is 1.39 bits per heavy atom. The van der Waals surface area contributed by atoms with Gasteiger partial charge in [-0.2, -0.15) is 16.8 Å². The minimum absolute atomic E-state index is 0. The van der Waals surface area contributed by atoms with E-state index in [1.165, 1.54) is 25.7 Å². The van der Waals surface area contributed by atoms with Gasteiger partial charge in [0.2, 0.25) is 0 Å². The van der Waals surface area contributed by atoms with Gasteiger partial charge in [0.15, 0.2) is 0 Å². The first kappa shape index (κ1) is 35.0. The molecule has 1 N–H and O–H groups in total. The van der Waals surface area contributed by atoms with Gasteiger partial charge in [-0.25, -0.2) is 0 Å². The molecular formula is C28H52NaO7S2+. The van der Waals surface area contributed by atoms with Crippen molar-refractivity contribution < 1.29 is 61.7 Å². The molecule has 0 aromatic carbocycles. The van der Waals surface area contributed by atoms with E-state index in [0.29, 0.717) is 43.6 Å². The molecule has 4 aliphatic carbocycles. The van der Waals surface area contributed by atoms with Gasteiger partial charge in [0, 0.05) is 0 Å². The molecule has 5 rings (SSSR count). The predicted octanol–water partition coefficient (Wildman–Crippen LogP) is 1.88. The van der Waals surface area contributed by atoms with E-state index in [0.717, 1.165) is 47.8 Å². The molecule has 1 heterocycles. The number of hydrogen-bond donors (Lipinski definition) is 1. The average molecular weight is 588 g/mol. The van der Waals surface area contributed by atoms with Crippen molar-refractivity contribution in [3.05, 3.63) is 0 Å². The van der Waals surface area contributed by atoms with E-state index in [1.807, 2.05) is 6.92 Å². The van der Waals surface area contributed by atoms with Crippen LogP contribution in [0, 0.1) is 59.2 Å². The molecule has 5 aliphatic rings. The first-order valence-corrected chi connectivity index (χ1v) is 17.6. The van der Waals surface area contributed by atoms with Crippen molar-refractivity contribution >= 4 is 20.2 Å². The molecule has 1 aliphatic heterocycles. The molecule has 5 fully saturated rings. The molecule has 12 unspecified atom stereocenters. The Hall–Kier alpha value is 0.780. The van der Waals surface area contributed by atoms with Crippen molar-refractivity contribution in [2.45, 2.75) is 103 Å². The zero-order valence-corrected chi connectivity index (χ0v) is 28.3. The summed E-state index contributed by atoms with van der Waals surface area (Å²) in [5.74, 6) is 7.38. The minimum Gasteiger partial charge on any atom is -0.855 e. The van der Waals surface area contributed by atoms with E-state index in [9.17, 15) is 21.4 Å². The second-order valence-electron chi connectivity index (χ2n) is 12.8. The molecule has 1 saturated heterocycles. The van der Waals surface area contributed by atoms with Crippen LogP contribution >= 0.6 is 0 Å². The van der Waals surface area contributed by atoms with Crippen LogP contribution in [-0.4, -0.2) is 45.1 Å². The number of rotatable bonds is 6. The van der Waals surface area contributed by atoms with Gasteiger partial charge in [0.1, 0.15) is 0 Å². The van der Waals surface area contributed by atoms with Crippen molar-refractivity contribution in [2.24, 2.45) is 59.2 Å². The molecule has 10 heteroatoms. The van der Waals surface area contributed by atoms with Crippen LogP contribution in [0.5, 0.6) is 0 Å². The van der Waals surface area contributed by atoms with Crippen LogP contribution in [0.25, 0.3) is 0 Å². The summed E-state index contributed by atoms with van der Waals surface area (Å²) in [6, 6.07) is 0. The molecular weight excluding hydrogens is 535 g/mol. The van der Waals surface area contributed by atoms with E-state index < -0.39 is 25.5 Å². The molecule has 0 radical (unpaired) electrons. The Balaban J connectivity index is 0.000000339. The molecule has 12 atom stereocenters. The second kappa shape index (κ2) is 14.3. The molecule has 0 aromatic rings. The van der Waals surface area contributed by atoms with Crippen LogP contribution < -0.4 is 34.7 Å². The smallest absolute Gasteiger partial charge is 0.855 e. The molecule has 0 spiro atoms. The predicted molar refractivity (Wildman–Crippen MR) is 146 cm³/mol. The van der Waals surface area contributed by atoms with Gasteiger partial charge in [0.05, 0.1) is 17.1 Å². The second-order valence-corrected chi connectivity index (χ2v) is 16.4. The summed E-state index contributed by atoms with van der Waals surface area (Å²) in [7, 11) is -7.07. The summed E-state index contributed by atoms with van der Waals surface area (Å²) in [6.07, 6.45) is 7.77. The van der Waals surface area contributed by atoms with Crippen LogP contribution in [0.2, 0.25) is 0 Å². The minimum atomic E-state index is -3.85. The van der Waals surface area contributed by atoms with E-state index in [4.69, 9.17) is 9.29 Å². The van der Waals surface area contributed by atoms with E-state index in [1.54, 1.807) is 6.92 Å². The quantitative estimate of drug-likeness (QED) is 0.286. The van der Waals surface area contributed by atoms with Gasteiger partial charge < -0.3 is 5.11 Å². The van der Waals surface area contributed by atoms with Crippen molar-refractivity contribution in [3.8, 4) is 0 Å². The van der Waals surface area contributed by atoms with Crippen LogP contribution in [0.3, 0.4) is 0 Å². The third-order valence-electron chi connectivity index (χ3n) is 11.2. The van der Waals surface area contributed by atoms with Gasteiger partial charge in [-0.3, -0.25) is 8.74 Å². The zero-order valence-electron chi connectivity index (χ0n) is 25.7. The summed E-state index contributed by atoms with van der Waals surface area (Å²) in [4.78, 5) is 0. The van der Waals surface area contributed by atoms with Crippen LogP contribution in [-0.2, 0) is 24.4 Å². The third kappa shape index (κ3) is 7.78. The van der Waals surface area contributed by atoms with Crippen LogP contribution in [0.4, 0.5) is 0 Å². The van der Waals surface area contributed by atoms with Crippen molar-refractivity contribution in [1.29, 1.82) is 0 Å². The molecule has 38 heavy (non-hydrogen) atoms. The molecule has 4 saturated carbocycles. The van der Waals surface area contributed by atoms with Gasteiger partial charge in [0.25, 0.3) is 20.2 Å². The maximum atomic E-state index is 11.7. The standard InChI is InChI=1S/C13H22O3S.C13H24O3S.C2H5O.Na/c1-8-9(2)13-7-10(8)5-11(13)6-12-3-4-16-17(12,14)15;1-4-12(17(14,15)16)6-11-5-10-7-13(11)9(3)8(10)2;1-2-3;/h8-13H,3-7H2,1-2H3;8-13H,4-7H2,1-3H3,(H,14,15,16);2H2,1H3;/q;;-1;+1/p+1. The Morgan fingerprint density at radius 3 is 1.76 bits per heavy atom. The molecule has 4 bridgehead atoms. The first-order chi connectivity index (χ1) is 17.2. The molecule has 0 amide bonds. The average Bonchev–Trinajstić information content (AvgIpc) is 3.60. The summed E-state index contributed by atoms with van der Waals surface area (Å²) in [6.45, 7) is 13.2. The Bertz CT molecular complexity index is 923. The van der Waals surface area contributed by atoms with Crippen molar-refractivity contribution in [2.75, 3.05) is 13.2 Å². The first-order valence-electron chi connectivity index (χ1n) is 14.7. The van der Waals surface area contributed by atoms with Gasteiger partial charge in [-0.15, -0.1) is 6.61 Å². The SMILES string of the molecule is CC1C2CC(CC3CCOS3(=O)=O)C(C2)C1C.CCC(CC1CC2CC1C(C)C2C)S(=O)(=O)O.CC[O-].[H+].[Na+]. The molecule has 7 nitrogen and oxygen atoms in total. The monoisotopic (exact) mass is 587 g/mol.